The number of benzene rings is 1. The third kappa shape index (κ3) is 3.57. The quantitative estimate of drug-likeness (QED) is 0.522. The van der Waals surface area contributed by atoms with Crippen molar-refractivity contribution in [2.45, 2.75) is 13.1 Å². The van der Waals surface area contributed by atoms with Crippen molar-refractivity contribution in [1.82, 2.24) is 24.6 Å². The molecule has 0 spiro atoms. The number of aromatic nitrogens is 3. The first-order valence-electron chi connectivity index (χ1n) is 8.16. The summed E-state index contributed by atoms with van der Waals surface area (Å²) in [6.45, 7) is 0.257. The molecule has 3 rings (SSSR count). The normalized spacial score (nSPS) is 10.7. The first kappa shape index (κ1) is 18.7. The van der Waals surface area contributed by atoms with Crippen molar-refractivity contribution in [3.05, 3.63) is 41.5 Å². The Kier molecular flexibility index (Phi) is 5.57. The fraction of sp³-hybridized carbons (Fsp3) is 0.235. The predicted octanol–water partition coefficient (Wildman–Crippen LogP) is 1.02. The average Bonchev–Trinajstić information content (AvgIpc) is 3.25. The van der Waals surface area contributed by atoms with Gasteiger partial charge in [0.2, 0.25) is 5.82 Å². The van der Waals surface area contributed by atoms with Crippen molar-refractivity contribution in [1.29, 1.82) is 0 Å². The van der Waals surface area contributed by atoms with Crippen LogP contribution in [0.5, 0.6) is 0 Å². The molecule has 10 heteroatoms. The van der Waals surface area contributed by atoms with Crippen molar-refractivity contribution in [2.75, 3.05) is 19.4 Å². The molecule has 1 aromatic carbocycles. The van der Waals surface area contributed by atoms with E-state index in [1.165, 1.54) is 23.1 Å². The van der Waals surface area contributed by atoms with Gasteiger partial charge in [-0.2, -0.15) is 4.37 Å². The van der Waals surface area contributed by atoms with Crippen LogP contribution in [0, 0.1) is 0 Å². The Bertz CT molecular complexity index is 1010. The van der Waals surface area contributed by atoms with Gasteiger partial charge in [0.15, 0.2) is 5.82 Å². The van der Waals surface area contributed by atoms with Gasteiger partial charge in [0, 0.05) is 19.0 Å². The van der Waals surface area contributed by atoms with E-state index in [9.17, 15) is 14.4 Å². The van der Waals surface area contributed by atoms with Crippen LogP contribution in [-0.2, 0) is 17.9 Å². The monoisotopic (exact) mass is 386 g/mol. The van der Waals surface area contributed by atoms with Crippen LogP contribution in [-0.4, -0.2) is 46.1 Å². The number of hydrogen-bond acceptors (Lipinski definition) is 7. The standard InChI is InChI=1S/C17H18N6O3S/c1-18-9-11-14(20-15(17(26)19-2)23(11)7-8-24)21-16(25)13-10-5-3-4-6-12(10)27-22-13/h3-6,8,18H,7,9H2,1-2H3,(H,19,26)(H,21,25). The summed E-state index contributed by atoms with van der Waals surface area (Å²) in [5, 5.41) is 8.91. The van der Waals surface area contributed by atoms with E-state index in [0.717, 1.165) is 10.1 Å². The van der Waals surface area contributed by atoms with Gasteiger partial charge in [-0.3, -0.25) is 9.59 Å². The minimum atomic E-state index is -0.450. The van der Waals surface area contributed by atoms with E-state index < -0.39 is 11.8 Å². The Morgan fingerprint density at radius 1 is 1.22 bits per heavy atom. The highest BCUT2D eigenvalue weighted by Crippen LogP contribution is 2.24. The van der Waals surface area contributed by atoms with Crippen LogP contribution in [0.1, 0.15) is 26.8 Å². The summed E-state index contributed by atoms with van der Waals surface area (Å²) >= 11 is 1.23. The van der Waals surface area contributed by atoms with Crippen molar-refractivity contribution in [3.63, 3.8) is 0 Å². The van der Waals surface area contributed by atoms with Gasteiger partial charge in [-0.25, -0.2) is 4.98 Å². The number of imidazole rings is 1. The lowest BCUT2D eigenvalue weighted by Crippen LogP contribution is -2.24. The Morgan fingerprint density at radius 2 is 2.00 bits per heavy atom. The molecule has 0 unspecified atom stereocenters. The molecular formula is C17H18N6O3S. The number of fused-ring (bicyclic) bond motifs is 1. The molecule has 3 N–H and O–H groups in total. The highest BCUT2D eigenvalue weighted by atomic mass is 32.1. The van der Waals surface area contributed by atoms with Crippen LogP contribution in [0.25, 0.3) is 10.1 Å². The maximum absolute atomic E-state index is 12.8. The SMILES string of the molecule is CNCc1c(NC(=O)c2nsc3ccccc23)nc(C(=O)NC)n1CC=O. The summed E-state index contributed by atoms with van der Waals surface area (Å²) in [7, 11) is 3.19. The minimum absolute atomic E-state index is 0.0493. The summed E-state index contributed by atoms with van der Waals surface area (Å²) in [4.78, 5) is 40.2. The molecule has 0 fully saturated rings. The summed E-state index contributed by atoms with van der Waals surface area (Å²) in [5.74, 6) is -0.613. The lowest BCUT2D eigenvalue weighted by Gasteiger charge is -2.09. The summed E-state index contributed by atoms with van der Waals surface area (Å²) in [6, 6.07) is 7.42. The molecule has 2 heterocycles. The molecule has 0 saturated heterocycles. The zero-order valence-corrected chi connectivity index (χ0v) is 15.6. The second-order valence-corrected chi connectivity index (χ2v) is 6.40. The highest BCUT2D eigenvalue weighted by Gasteiger charge is 2.23. The fourth-order valence-corrected chi connectivity index (χ4v) is 3.48. The van der Waals surface area contributed by atoms with Gasteiger partial charge in [0.25, 0.3) is 11.8 Å². The molecule has 0 radical (unpaired) electrons. The van der Waals surface area contributed by atoms with Gasteiger partial charge in [-0.1, -0.05) is 18.2 Å². The third-order valence-corrected chi connectivity index (χ3v) is 4.76. The lowest BCUT2D eigenvalue weighted by atomic mass is 10.2. The molecule has 0 saturated carbocycles. The van der Waals surface area contributed by atoms with Crippen LogP contribution < -0.4 is 16.0 Å². The molecule has 140 valence electrons. The number of carbonyl (C=O) groups is 3. The van der Waals surface area contributed by atoms with Crippen LogP contribution in [0.15, 0.2) is 24.3 Å². The molecular weight excluding hydrogens is 368 g/mol. The predicted molar refractivity (Wildman–Crippen MR) is 102 cm³/mol. The second-order valence-electron chi connectivity index (χ2n) is 5.60. The number of carbonyl (C=O) groups excluding carboxylic acids is 3. The van der Waals surface area contributed by atoms with E-state index in [2.05, 4.69) is 25.3 Å². The molecule has 3 aromatic rings. The van der Waals surface area contributed by atoms with Crippen molar-refractivity contribution in [2.24, 2.45) is 0 Å². The number of nitrogens with one attached hydrogen (secondary N) is 3. The molecule has 0 bridgehead atoms. The molecule has 0 aliphatic rings. The first-order valence-corrected chi connectivity index (χ1v) is 8.93. The van der Waals surface area contributed by atoms with Gasteiger partial charge < -0.3 is 25.3 Å². The van der Waals surface area contributed by atoms with E-state index in [-0.39, 0.29) is 23.9 Å². The highest BCUT2D eigenvalue weighted by molar-refractivity contribution is 7.13. The molecule has 2 aromatic heterocycles. The number of nitrogens with zero attached hydrogens (tertiary/aromatic N) is 3. The van der Waals surface area contributed by atoms with E-state index >= 15 is 0 Å². The molecule has 2 amide bonds. The smallest absolute Gasteiger partial charge is 0.287 e. The zero-order valence-electron chi connectivity index (χ0n) is 14.8. The first-order chi connectivity index (χ1) is 13.1. The number of anilines is 1. The van der Waals surface area contributed by atoms with Gasteiger partial charge >= 0.3 is 0 Å². The minimum Gasteiger partial charge on any atom is -0.352 e. The topological polar surface area (TPSA) is 118 Å². The van der Waals surface area contributed by atoms with Crippen LogP contribution in [0.4, 0.5) is 5.82 Å². The van der Waals surface area contributed by atoms with Crippen LogP contribution in [0.3, 0.4) is 0 Å². The van der Waals surface area contributed by atoms with Gasteiger partial charge in [0.1, 0.15) is 12.0 Å². The second kappa shape index (κ2) is 8.06. The van der Waals surface area contributed by atoms with Crippen molar-refractivity contribution in [3.8, 4) is 0 Å². The van der Waals surface area contributed by atoms with Crippen LogP contribution in [0.2, 0.25) is 0 Å². The maximum atomic E-state index is 12.8. The third-order valence-electron chi connectivity index (χ3n) is 3.93. The summed E-state index contributed by atoms with van der Waals surface area (Å²) in [5.41, 5.74) is 0.813. The van der Waals surface area contributed by atoms with Crippen molar-refractivity contribution < 1.29 is 14.4 Å². The summed E-state index contributed by atoms with van der Waals surface area (Å²) < 4.78 is 6.60. The Balaban J connectivity index is 2.01. The molecule has 27 heavy (non-hydrogen) atoms. The van der Waals surface area contributed by atoms with Crippen molar-refractivity contribution >= 4 is 45.5 Å². The molecule has 9 nitrogen and oxygen atoms in total. The number of rotatable bonds is 7. The fourth-order valence-electron chi connectivity index (χ4n) is 2.71. The van der Waals surface area contributed by atoms with Gasteiger partial charge in [-0.05, 0) is 24.6 Å². The molecule has 0 atom stereocenters. The number of amides is 2. The lowest BCUT2D eigenvalue weighted by molar-refractivity contribution is -0.108. The molecule has 0 aliphatic heterocycles. The number of aldehydes is 1. The van der Waals surface area contributed by atoms with Crippen LogP contribution >= 0.6 is 11.5 Å². The van der Waals surface area contributed by atoms with E-state index in [4.69, 9.17) is 0 Å². The largest absolute Gasteiger partial charge is 0.352 e. The molecule has 0 aliphatic carbocycles. The van der Waals surface area contributed by atoms with E-state index in [0.29, 0.717) is 18.5 Å². The maximum Gasteiger partial charge on any atom is 0.287 e. The Hall–Kier alpha value is -3.11. The average molecular weight is 386 g/mol. The van der Waals surface area contributed by atoms with Gasteiger partial charge in [-0.15, -0.1) is 0 Å². The Labute approximate surface area is 158 Å². The number of hydrogen-bond donors (Lipinski definition) is 3. The van der Waals surface area contributed by atoms with E-state index in [1.54, 1.807) is 7.05 Å². The Morgan fingerprint density at radius 3 is 2.70 bits per heavy atom. The zero-order chi connectivity index (χ0) is 19.4. The summed E-state index contributed by atoms with van der Waals surface area (Å²) in [6.07, 6.45) is 0.673. The van der Waals surface area contributed by atoms with E-state index in [1.807, 2.05) is 24.3 Å². The van der Waals surface area contributed by atoms with Gasteiger partial charge in [0.05, 0.1) is 16.9 Å².